The van der Waals surface area contributed by atoms with E-state index < -0.39 is 0 Å². The second-order valence-electron chi connectivity index (χ2n) is 5.65. The molecule has 0 radical (unpaired) electrons. The van der Waals surface area contributed by atoms with Crippen molar-refractivity contribution < 1.29 is 4.39 Å². The van der Waals surface area contributed by atoms with Gasteiger partial charge in [-0.3, -0.25) is 0 Å². The lowest BCUT2D eigenvalue weighted by molar-refractivity contribution is 0.203. The molecule has 1 N–H and O–H groups in total. The highest BCUT2D eigenvalue weighted by Crippen LogP contribution is 2.26. The number of nitrogens with one attached hydrogen (secondary N) is 1. The van der Waals surface area contributed by atoms with Gasteiger partial charge in [0.2, 0.25) is 0 Å². The van der Waals surface area contributed by atoms with E-state index in [0.717, 1.165) is 36.2 Å². The minimum atomic E-state index is -0.194. The molecule has 1 aliphatic heterocycles. The first-order chi connectivity index (χ1) is 8.48. The molecule has 4 heteroatoms. The van der Waals surface area contributed by atoms with Gasteiger partial charge in [-0.1, -0.05) is 28.9 Å². The molecule has 1 unspecified atom stereocenters. The minimum Gasteiger partial charge on any atom is -0.316 e. The third-order valence-corrected chi connectivity index (χ3v) is 4.30. The molecule has 1 saturated heterocycles. The predicted octanol–water partition coefficient (Wildman–Crippen LogP) is 3.02. The summed E-state index contributed by atoms with van der Waals surface area (Å²) < 4.78 is 13.9. The van der Waals surface area contributed by atoms with Crippen LogP contribution in [-0.2, 0) is 6.54 Å². The number of hydrogen-bond donors (Lipinski definition) is 1. The van der Waals surface area contributed by atoms with E-state index in [1.165, 1.54) is 18.6 Å². The van der Waals surface area contributed by atoms with E-state index in [0.29, 0.717) is 5.41 Å². The normalized spacial score (nSPS) is 23.8. The topological polar surface area (TPSA) is 15.3 Å². The van der Waals surface area contributed by atoms with Gasteiger partial charge in [0.05, 0.1) is 0 Å². The highest BCUT2D eigenvalue weighted by molar-refractivity contribution is 9.10. The summed E-state index contributed by atoms with van der Waals surface area (Å²) in [5.41, 5.74) is 1.50. The lowest BCUT2D eigenvalue weighted by Gasteiger charge is -2.29. The van der Waals surface area contributed by atoms with Gasteiger partial charge in [-0.15, -0.1) is 0 Å². The quantitative estimate of drug-likeness (QED) is 0.919. The smallest absolute Gasteiger partial charge is 0.124 e. The minimum absolute atomic E-state index is 0.194. The van der Waals surface area contributed by atoms with Crippen LogP contribution in [0.3, 0.4) is 0 Å². The van der Waals surface area contributed by atoms with E-state index in [1.54, 1.807) is 0 Å². The van der Waals surface area contributed by atoms with Crippen LogP contribution in [-0.4, -0.2) is 31.6 Å². The van der Waals surface area contributed by atoms with Crippen LogP contribution in [0.1, 0.15) is 18.9 Å². The molecule has 1 heterocycles. The molecule has 100 valence electrons. The highest BCUT2D eigenvalue weighted by atomic mass is 79.9. The molecule has 1 aromatic carbocycles. The average Bonchev–Trinajstić information content (AvgIpc) is 2.69. The zero-order chi connectivity index (χ0) is 13.2. The van der Waals surface area contributed by atoms with Crippen LogP contribution in [0.5, 0.6) is 0 Å². The fraction of sp³-hybridized carbons (Fsp3) is 0.571. The molecule has 1 aliphatic rings. The van der Waals surface area contributed by atoms with Gasteiger partial charge >= 0.3 is 0 Å². The van der Waals surface area contributed by atoms with Crippen LogP contribution in [0.4, 0.5) is 4.39 Å². The molecular weight excluding hydrogens is 295 g/mol. The largest absolute Gasteiger partial charge is 0.316 e. The molecular formula is C14H20BrFN2. The van der Waals surface area contributed by atoms with Gasteiger partial charge in [0, 0.05) is 24.1 Å². The summed E-state index contributed by atoms with van der Waals surface area (Å²) in [6, 6.07) is 4.90. The van der Waals surface area contributed by atoms with E-state index in [1.807, 2.05) is 6.07 Å². The monoisotopic (exact) mass is 314 g/mol. The highest BCUT2D eigenvalue weighted by Gasteiger charge is 2.29. The van der Waals surface area contributed by atoms with Gasteiger partial charge in [-0.05, 0) is 43.1 Å². The maximum Gasteiger partial charge on any atom is 0.124 e. The van der Waals surface area contributed by atoms with Crippen LogP contribution in [0.25, 0.3) is 0 Å². The van der Waals surface area contributed by atoms with Gasteiger partial charge in [0.15, 0.2) is 0 Å². The Morgan fingerprint density at radius 2 is 2.28 bits per heavy atom. The van der Waals surface area contributed by atoms with Crippen molar-refractivity contribution >= 4 is 15.9 Å². The SMILES string of the molecule is CN(Cc1ccc(F)cc1Br)CC1(C)CCNC1. The first-order valence-electron chi connectivity index (χ1n) is 6.32. The number of benzene rings is 1. The molecule has 0 amide bonds. The van der Waals surface area contributed by atoms with E-state index in [9.17, 15) is 4.39 Å². The lowest BCUT2D eigenvalue weighted by atomic mass is 9.89. The first-order valence-corrected chi connectivity index (χ1v) is 7.11. The Morgan fingerprint density at radius 3 is 2.89 bits per heavy atom. The molecule has 1 aromatic rings. The molecule has 1 fully saturated rings. The van der Waals surface area contributed by atoms with Crippen molar-refractivity contribution in [2.75, 3.05) is 26.7 Å². The molecule has 0 aliphatic carbocycles. The Balaban J connectivity index is 1.96. The second-order valence-corrected chi connectivity index (χ2v) is 6.50. The van der Waals surface area contributed by atoms with E-state index >= 15 is 0 Å². The predicted molar refractivity (Wildman–Crippen MR) is 76.0 cm³/mol. The Labute approximate surface area is 117 Å². The zero-order valence-corrected chi connectivity index (χ0v) is 12.6. The average molecular weight is 315 g/mol. The van der Waals surface area contributed by atoms with E-state index in [4.69, 9.17) is 0 Å². The van der Waals surface area contributed by atoms with Gasteiger partial charge in [-0.2, -0.15) is 0 Å². The Hall–Kier alpha value is -0.450. The maximum absolute atomic E-state index is 13.0. The fourth-order valence-electron chi connectivity index (χ4n) is 2.65. The molecule has 0 bridgehead atoms. The van der Waals surface area contributed by atoms with Crippen molar-refractivity contribution in [2.24, 2.45) is 5.41 Å². The second kappa shape index (κ2) is 5.68. The summed E-state index contributed by atoms with van der Waals surface area (Å²) >= 11 is 3.42. The van der Waals surface area contributed by atoms with Gasteiger partial charge in [0.1, 0.15) is 5.82 Å². The summed E-state index contributed by atoms with van der Waals surface area (Å²) in [7, 11) is 2.12. The van der Waals surface area contributed by atoms with Crippen LogP contribution in [0, 0.1) is 11.2 Å². The summed E-state index contributed by atoms with van der Waals surface area (Å²) in [4.78, 5) is 2.31. The third-order valence-electron chi connectivity index (χ3n) is 3.56. The van der Waals surface area contributed by atoms with Crippen molar-refractivity contribution in [3.8, 4) is 0 Å². The summed E-state index contributed by atoms with van der Waals surface area (Å²) in [5, 5.41) is 3.42. The van der Waals surface area contributed by atoms with E-state index in [2.05, 4.69) is 40.1 Å². The Kier molecular flexibility index (Phi) is 4.41. The first kappa shape index (κ1) is 14.0. The van der Waals surface area contributed by atoms with Crippen LogP contribution in [0.2, 0.25) is 0 Å². The van der Waals surface area contributed by atoms with Crippen molar-refractivity contribution in [3.63, 3.8) is 0 Å². The number of nitrogens with zero attached hydrogens (tertiary/aromatic N) is 1. The van der Waals surface area contributed by atoms with Crippen LogP contribution >= 0.6 is 15.9 Å². The van der Waals surface area contributed by atoms with Crippen LogP contribution in [0.15, 0.2) is 22.7 Å². The van der Waals surface area contributed by atoms with Crippen molar-refractivity contribution in [3.05, 3.63) is 34.1 Å². The zero-order valence-electron chi connectivity index (χ0n) is 11.0. The number of halogens is 2. The summed E-state index contributed by atoms with van der Waals surface area (Å²) in [6.07, 6.45) is 1.22. The molecule has 0 aromatic heterocycles. The Morgan fingerprint density at radius 1 is 1.50 bits per heavy atom. The molecule has 0 spiro atoms. The number of hydrogen-bond acceptors (Lipinski definition) is 2. The van der Waals surface area contributed by atoms with Crippen molar-refractivity contribution in [1.29, 1.82) is 0 Å². The maximum atomic E-state index is 13.0. The molecule has 2 nitrogen and oxygen atoms in total. The van der Waals surface area contributed by atoms with Crippen molar-refractivity contribution in [2.45, 2.75) is 19.9 Å². The summed E-state index contributed by atoms with van der Waals surface area (Å²) in [6.45, 7) is 6.43. The van der Waals surface area contributed by atoms with Crippen molar-refractivity contribution in [1.82, 2.24) is 10.2 Å². The molecule has 0 saturated carbocycles. The standard InChI is InChI=1S/C14H20BrFN2/c1-14(5-6-17-9-14)10-18(2)8-11-3-4-12(16)7-13(11)15/h3-4,7,17H,5-6,8-10H2,1-2H3. The lowest BCUT2D eigenvalue weighted by Crippen LogP contribution is -2.34. The fourth-order valence-corrected chi connectivity index (χ4v) is 3.13. The third kappa shape index (κ3) is 3.53. The van der Waals surface area contributed by atoms with Gasteiger partial charge in [-0.25, -0.2) is 4.39 Å². The van der Waals surface area contributed by atoms with Gasteiger partial charge in [0.25, 0.3) is 0 Å². The number of rotatable bonds is 4. The molecule has 18 heavy (non-hydrogen) atoms. The summed E-state index contributed by atoms with van der Waals surface area (Å²) in [5.74, 6) is -0.194. The molecule has 2 rings (SSSR count). The van der Waals surface area contributed by atoms with Crippen LogP contribution < -0.4 is 5.32 Å². The Bertz CT molecular complexity index is 416. The van der Waals surface area contributed by atoms with Gasteiger partial charge < -0.3 is 10.2 Å². The van der Waals surface area contributed by atoms with E-state index in [-0.39, 0.29) is 5.82 Å². The molecule has 1 atom stereocenters.